The summed E-state index contributed by atoms with van der Waals surface area (Å²) in [6.07, 6.45) is 0.881. The van der Waals surface area contributed by atoms with Crippen LogP contribution in [-0.2, 0) is 22.6 Å². The molecule has 0 spiro atoms. The summed E-state index contributed by atoms with van der Waals surface area (Å²) in [5.74, 6) is -0.451. The zero-order valence-electron chi connectivity index (χ0n) is 16.1. The number of benzene rings is 2. The molecule has 4 nitrogen and oxygen atoms in total. The summed E-state index contributed by atoms with van der Waals surface area (Å²) in [5.41, 5.74) is 1.41. The fraction of sp³-hybridized carbons (Fsp3) is 0.333. The summed E-state index contributed by atoms with van der Waals surface area (Å²) in [5, 5.41) is 4.56. The molecule has 2 rings (SSSR count). The maximum Gasteiger partial charge on any atom is 0.242 e. The second-order valence-electron chi connectivity index (χ2n) is 6.65. The second-order valence-corrected chi connectivity index (χ2v) is 8.31. The van der Waals surface area contributed by atoms with E-state index in [9.17, 15) is 9.59 Å². The molecule has 2 aromatic carbocycles. The van der Waals surface area contributed by atoms with E-state index in [1.165, 1.54) is 4.90 Å². The van der Waals surface area contributed by atoms with E-state index in [0.29, 0.717) is 37.8 Å². The zero-order chi connectivity index (χ0) is 21.6. The highest BCUT2D eigenvalue weighted by atomic mass is 35.5. The van der Waals surface area contributed by atoms with Gasteiger partial charge in [0.2, 0.25) is 11.8 Å². The van der Waals surface area contributed by atoms with Crippen molar-refractivity contribution in [3.05, 3.63) is 67.6 Å². The lowest BCUT2D eigenvalue weighted by Gasteiger charge is -2.29. The van der Waals surface area contributed by atoms with Gasteiger partial charge in [-0.1, -0.05) is 65.5 Å². The average Bonchev–Trinajstić information content (AvgIpc) is 2.67. The Morgan fingerprint density at radius 3 is 2.34 bits per heavy atom. The summed E-state index contributed by atoms with van der Waals surface area (Å²) in [4.78, 5) is 27.1. The van der Waals surface area contributed by atoms with Crippen LogP contribution < -0.4 is 5.32 Å². The third-order valence-electron chi connectivity index (χ3n) is 4.41. The summed E-state index contributed by atoms with van der Waals surface area (Å²) < 4.78 is 0. The Kier molecular flexibility index (Phi) is 9.09. The molecule has 0 radical (unpaired) electrons. The molecule has 0 aliphatic rings. The lowest BCUT2D eigenvalue weighted by molar-refractivity contribution is -0.140. The molecule has 2 aromatic rings. The van der Waals surface area contributed by atoms with Crippen molar-refractivity contribution >= 4 is 58.2 Å². The lowest BCUT2D eigenvalue weighted by Crippen LogP contribution is -2.48. The minimum atomic E-state index is -0.677. The number of rotatable bonds is 8. The van der Waals surface area contributed by atoms with Gasteiger partial charge in [-0.3, -0.25) is 9.59 Å². The molecule has 29 heavy (non-hydrogen) atoms. The Bertz CT molecular complexity index is 889. The fourth-order valence-electron chi connectivity index (χ4n) is 2.74. The highest BCUT2D eigenvalue weighted by molar-refractivity contribution is 6.42. The van der Waals surface area contributed by atoms with Crippen LogP contribution in [0.1, 0.15) is 31.4 Å². The van der Waals surface area contributed by atoms with Crippen molar-refractivity contribution < 1.29 is 9.59 Å². The Morgan fingerprint density at radius 2 is 1.72 bits per heavy atom. The lowest BCUT2D eigenvalue weighted by atomic mass is 10.1. The van der Waals surface area contributed by atoms with Crippen molar-refractivity contribution in [2.24, 2.45) is 0 Å². The number of carbonyl (C=O) groups excluding carboxylic acids is 2. The highest BCUT2D eigenvalue weighted by Crippen LogP contribution is 2.25. The number of nitrogens with zero attached hydrogens (tertiary/aromatic N) is 1. The predicted octanol–water partition coefficient (Wildman–Crippen LogP) is 5.79. The molecule has 8 heteroatoms. The van der Waals surface area contributed by atoms with Gasteiger partial charge in [-0.15, -0.1) is 0 Å². The highest BCUT2D eigenvalue weighted by Gasteiger charge is 2.26. The first-order valence-corrected chi connectivity index (χ1v) is 10.7. The van der Waals surface area contributed by atoms with Gasteiger partial charge in [0.05, 0.1) is 16.5 Å². The zero-order valence-corrected chi connectivity index (χ0v) is 19.2. The molecule has 0 bridgehead atoms. The van der Waals surface area contributed by atoms with Gasteiger partial charge in [0.25, 0.3) is 0 Å². The number of hydrogen-bond donors (Lipinski definition) is 1. The molecule has 0 saturated heterocycles. The van der Waals surface area contributed by atoms with Crippen LogP contribution in [0, 0.1) is 0 Å². The van der Waals surface area contributed by atoms with Crippen molar-refractivity contribution in [2.45, 2.75) is 39.3 Å². The van der Waals surface area contributed by atoms with Crippen molar-refractivity contribution in [1.82, 2.24) is 10.2 Å². The maximum absolute atomic E-state index is 13.1. The third-order valence-corrected chi connectivity index (χ3v) is 5.74. The Morgan fingerprint density at radius 1 is 1.00 bits per heavy atom. The molecule has 0 aromatic heterocycles. The number of amides is 2. The van der Waals surface area contributed by atoms with E-state index >= 15 is 0 Å². The summed E-state index contributed by atoms with van der Waals surface area (Å²) in [6.45, 7) is 4.38. The number of halogens is 4. The largest absolute Gasteiger partial charge is 0.354 e. The third kappa shape index (κ3) is 6.78. The molecular weight excluding hydrogens is 454 g/mol. The molecule has 0 saturated carbocycles. The standard InChI is InChI=1S/C21H22Cl4N2O2/c1-3-8-26-21(29)13(2)27(12-15-5-6-16(22)11-18(15)24)20(28)10-14-4-7-17(23)19(25)9-14/h4-7,9,11,13H,3,8,10,12H2,1-2H3,(H,26,29). The van der Waals surface area contributed by atoms with E-state index in [4.69, 9.17) is 46.4 Å². The first-order chi connectivity index (χ1) is 13.7. The van der Waals surface area contributed by atoms with Gasteiger partial charge < -0.3 is 10.2 Å². The van der Waals surface area contributed by atoms with Crippen molar-refractivity contribution in [3.8, 4) is 0 Å². The Balaban J connectivity index is 2.27. The van der Waals surface area contributed by atoms with E-state index in [2.05, 4.69) is 5.32 Å². The molecule has 0 aliphatic carbocycles. The smallest absolute Gasteiger partial charge is 0.242 e. The van der Waals surface area contributed by atoms with Gasteiger partial charge >= 0.3 is 0 Å². The van der Waals surface area contributed by atoms with Gasteiger partial charge in [0.1, 0.15) is 6.04 Å². The minimum Gasteiger partial charge on any atom is -0.354 e. The molecule has 1 N–H and O–H groups in total. The molecule has 1 atom stereocenters. The molecule has 2 amide bonds. The van der Waals surface area contributed by atoms with Crippen LogP contribution in [-0.4, -0.2) is 29.3 Å². The first-order valence-electron chi connectivity index (χ1n) is 9.18. The van der Waals surface area contributed by atoms with Crippen LogP contribution in [0.3, 0.4) is 0 Å². The monoisotopic (exact) mass is 474 g/mol. The van der Waals surface area contributed by atoms with Crippen LogP contribution in [0.5, 0.6) is 0 Å². The van der Waals surface area contributed by atoms with Crippen LogP contribution in [0.2, 0.25) is 20.1 Å². The summed E-state index contributed by atoms with van der Waals surface area (Å²) in [7, 11) is 0. The van der Waals surface area contributed by atoms with Crippen LogP contribution in [0.15, 0.2) is 36.4 Å². The predicted molar refractivity (Wildman–Crippen MR) is 120 cm³/mol. The number of nitrogens with one attached hydrogen (secondary N) is 1. The van der Waals surface area contributed by atoms with E-state index in [1.54, 1.807) is 43.3 Å². The molecular formula is C21H22Cl4N2O2. The minimum absolute atomic E-state index is 0.0769. The second kappa shape index (κ2) is 11.1. The molecule has 0 heterocycles. The van der Waals surface area contributed by atoms with Crippen molar-refractivity contribution in [1.29, 1.82) is 0 Å². The maximum atomic E-state index is 13.1. The number of carbonyl (C=O) groups is 2. The fourth-order valence-corrected chi connectivity index (χ4v) is 3.53. The normalized spacial score (nSPS) is 11.8. The van der Waals surface area contributed by atoms with Gasteiger partial charge in [-0.05, 0) is 48.7 Å². The van der Waals surface area contributed by atoms with E-state index < -0.39 is 6.04 Å². The van der Waals surface area contributed by atoms with E-state index in [-0.39, 0.29) is 24.8 Å². The molecule has 0 fully saturated rings. The summed E-state index contributed by atoms with van der Waals surface area (Å²) >= 11 is 24.3. The topological polar surface area (TPSA) is 49.4 Å². The van der Waals surface area contributed by atoms with Gasteiger partial charge in [-0.25, -0.2) is 0 Å². The SMILES string of the molecule is CCCNC(=O)C(C)N(Cc1ccc(Cl)cc1Cl)C(=O)Cc1ccc(Cl)c(Cl)c1. The van der Waals surface area contributed by atoms with Crippen molar-refractivity contribution in [3.63, 3.8) is 0 Å². The molecule has 0 aliphatic heterocycles. The Hall–Kier alpha value is -1.46. The van der Waals surface area contributed by atoms with Crippen LogP contribution in [0.25, 0.3) is 0 Å². The summed E-state index contributed by atoms with van der Waals surface area (Å²) in [6, 6.07) is 9.42. The average molecular weight is 476 g/mol. The first kappa shape index (κ1) is 23.8. The quantitative estimate of drug-likeness (QED) is 0.525. The van der Waals surface area contributed by atoms with Crippen LogP contribution >= 0.6 is 46.4 Å². The molecule has 1 unspecified atom stereocenters. The van der Waals surface area contributed by atoms with Gasteiger partial charge in [0.15, 0.2) is 0 Å². The molecule has 156 valence electrons. The van der Waals surface area contributed by atoms with E-state index in [1.807, 2.05) is 6.92 Å². The van der Waals surface area contributed by atoms with Crippen molar-refractivity contribution in [2.75, 3.05) is 6.54 Å². The van der Waals surface area contributed by atoms with Crippen LogP contribution in [0.4, 0.5) is 0 Å². The number of hydrogen-bond acceptors (Lipinski definition) is 2. The van der Waals surface area contributed by atoms with Gasteiger partial charge in [0, 0.05) is 23.1 Å². The van der Waals surface area contributed by atoms with Gasteiger partial charge in [-0.2, -0.15) is 0 Å². The Labute approximate surface area is 191 Å². The van der Waals surface area contributed by atoms with E-state index in [0.717, 1.165) is 6.42 Å².